The van der Waals surface area contributed by atoms with E-state index in [1.54, 1.807) is 0 Å². The van der Waals surface area contributed by atoms with Gasteiger partial charge in [-0.3, -0.25) is 4.31 Å². The molecule has 0 bridgehead atoms. The Morgan fingerprint density at radius 2 is 1.95 bits per heavy atom. The van der Waals surface area contributed by atoms with Gasteiger partial charge in [-0.25, -0.2) is 9.78 Å². The van der Waals surface area contributed by atoms with Crippen molar-refractivity contribution >= 4 is 21.7 Å². The van der Waals surface area contributed by atoms with Gasteiger partial charge in [-0.2, -0.15) is 8.42 Å². The van der Waals surface area contributed by atoms with Gasteiger partial charge in [-0.1, -0.05) is 0 Å². The molecule has 0 spiro atoms. The maximum Gasteiger partial charge on any atom is 0.335 e. The van der Waals surface area contributed by atoms with Crippen LogP contribution < -0.4 is 4.31 Å². The number of sulfonamides is 1. The normalized spacial score (nSPS) is 11.2. The first-order valence-electron chi connectivity index (χ1n) is 5.23. The highest BCUT2D eigenvalue weighted by molar-refractivity contribution is 7.92. The number of hydrogen-bond donors (Lipinski definition) is 2. The van der Waals surface area contributed by atoms with Crippen LogP contribution in [-0.4, -0.2) is 36.5 Å². The van der Waals surface area contributed by atoms with Crippen molar-refractivity contribution in [3.05, 3.63) is 42.4 Å². The molecule has 8 heteroatoms. The maximum absolute atomic E-state index is 12.2. The second-order valence-electron chi connectivity index (χ2n) is 3.74. The van der Waals surface area contributed by atoms with Gasteiger partial charge in [0.1, 0.15) is 0 Å². The Morgan fingerprint density at radius 1 is 1.32 bits per heavy atom. The first-order chi connectivity index (χ1) is 8.93. The third-order valence-corrected chi connectivity index (χ3v) is 4.30. The third kappa shape index (κ3) is 2.43. The summed E-state index contributed by atoms with van der Waals surface area (Å²) in [5, 5.41) is 8.75. The summed E-state index contributed by atoms with van der Waals surface area (Å²) in [6, 6.07) is 5.54. The second kappa shape index (κ2) is 4.73. The summed E-state index contributed by atoms with van der Waals surface area (Å²) >= 11 is 0. The van der Waals surface area contributed by atoms with Crippen molar-refractivity contribution in [3.8, 4) is 0 Å². The van der Waals surface area contributed by atoms with Crippen LogP contribution >= 0.6 is 0 Å². The monoisotopic (exact) mass is 281 g/mol. The van der Waals surface area contributed by atoms with E-state index >= 15 is 0 Å². The number of carbonyl (C=O) groups is 1. The van der Waals surface area contributed by atoms with E-state index in [1.807, 2.05) is 0 Å². The molecule has 0 radical (unpaired) electrons. The number of nitrogens with zero attached hydrogens (tertiary/aromatic N) is 2. The van der Waals surface area contributed by atoms with E-state index in [2.05, 4.69) is 9.97 Å². The van der Waals surface area contributed by atoms with Crippen molar-refractivity contribution in [3.63, 3.8) is 0 Å². The Morgan fingerprint density at radius 3 is 2.42 bits per heavy atom. The summed E-state index contributed by atoms with van der Waals surface area (Å²) in [4.78, 5) is 16.9. The minimum Gasteiger partial charge on any atom is -0.478 e. The Bertz CT molecular complexity index is 677. The van der Waals surface area contributed by atoms with E-state index in [-0.39, 0.29) is 10.6 Å². The van der Waals surface area contributed by atoms with Crippen LogP contribution in [0.25, 0.3) is 0 Å². The highest BCUT2D eigenvalue weighted by atomic mass is 32.2. The molecular formula is C11H11N3O4S. The number of nitrogens with one attached hydrogen (secondary N) is 1. The number of anilines is 1. The summed E-state index contributed by atoms with van der Waals surface area (Å²) in [6.07, 6.45) is 2.48. The zero-order valence-electron chi connectivity index (χ0n) is 9.94. The van der Waals surface area contributed by atoms with Crippen LogP contribution in [0, 0.1) is 0 Å². The number of H-pyrrole nitrogens is 1. The number of benzene rings is 1. The third-order valence-electron chi connectivity index (χ3n) is 2.59. The molecule has 0 amide bonds. The van der Waals surface area contributed by atoms with Crippen LogP contribution in [-0.2, 0) is 10.0 Å². The summed E-state index contributed by atoms with van der Waals surface area (Å²) in [7, 11) is -2.33. The minimum absolute atomic E-state index is 0.0303. The summed E-state index contributed by atoms with van der Waals surface area (Å²) in [5.74, 6) is -1.06. The molecule has 1 heterocycles. The predicted molar refractivity (Wildman–Crippen MR) is 67.6 cm³/mol. The second-order valence-corrected chi connectivity index (χ2v) is 5.68. The molecule has 100 valence electrons. The SMILES string of the molecule is CN(c1ccc(C(=O)O)cc1)S(=O)(=O)c1cnc[nH]1. The molecule has 1 aromatic heterocycles. The fraction of sp³-hybridized carbons (Fsp3) is 0.0909. The Labute approximate surface area is 109 Å². The van der Waals surface area contributed by atoms with Gasteiger partial charge in [0.2, 0.25) is 0 Å². The molecule has 19 heavy (non-hydrogen) atoms. The van der Waals surface area contributed by atoms with E-state index in [9.17, 15) is 13.2 Å². The van der Waals surface area contributed by atoms with Crippen LogP contribution in [0.15, 0.2) is 41.8 Å². The van der Waals surface area contributed by atoms with Crippen molar-refractivity contribution in [1.29, 1.82) is 0 Å². The minimum atomic E-state index is -3.71. The van der Waals surface area contributed by atoms with Crippen molar-refractivity contribution < 1.29 is 18.3 Å². The van der Waals surface area contributed by atoms with Crippen molar-refractivity contribution in [2.75, 3.05) is 11.4 Å². The topological polar surface area (TPSA) is 103 Å². The molecule has 0 aliphatic rings. The fourth-order valence-electron chi connectivity index (χ4n) is 1.48. The fourth-order valence-corrected chi connectivity index (χ4v) is 2.57. The van der Waals surface area contributed by atoms with Crippen molar-refractivity contribution in [1.82, 2.24) is 9.97 Å². The standard InChI is InChI=1S/C11H11N3O4S/c1-14(19(17,18)10-6-12-7-13-10)9-4-2-8(3-5-9)11(15)16/h2-7H,1H3,(H,12,13)(H,15,16). The average Bonchev–Trinajstić information content (AvgIpc) is 2.92. The molecule has 7 nitrogen and oxygen atoms in total. The highest BCUT2D eigenvalue weighted by Gasteiger charge is 2.22. The van der Waals surface area contributed by atoms with Crippen LogP contribution in [0.1, 0.15) is 10.4 Å². The van der Waals surface area contributed by atoms with Gasteiger partial charge in [-0.15, -0.1) is 0 Å². The molecule has 0 aliphatic heterocycles. The number of carboxylic acid groups (broad SMARTS) is 1. The number of aromatic nitrogens is 2. The largest absolute Gasteiger partial charge is 0.478 e. The molecule has 0 saturated heterocycles. The van der Waals surface area contributed by atoms with Crippen LogP contribution in [0.5, 0.6) is 0 Å². The Balaban J connectivity index is 2.34. The van der Waals surface area contributed by atoms with E-state index < -0.39 is 16.0 Å². The zero-order chi connectivity index (χ0) is 14.0. The van der Waals surface area contributed by atoms with Gasteiger partial charge in [0.25, 0.3) is 10.0 Å². The smallest absolute Gasteiger partial charge is 0.335 e. The summed E-state index contributed by atoms with van der Waals surface area (Å²) in [6.45, 7) is 0. The van der Waals surface area contributed by atoms with E-state index in [1.165, 1.54) is 43.8 Å². The van der Waals surface area contributed by atoms with Gasteiger partial charge >= 0.3 is 5.97 Å². The number of aromatic carboxylic acids is 1. The number of imidazole rings is 1. The van der Waals surface area contributed by atoms with E-state index in [0.717, 1.165) is 4.31 Å². The summed E-state index contributed by atoms with van der Waals surface area (Å²) < 4.78 is 25.3. The lowest BCUT2D eigenvalue weighted by Gasteiger charge is -2.18. The Kier molecular flexibility index (Phi) is 3.26. The highest BCUT2D eigenvalue weighted by Crippen LogP contribution is 2.20. The van der Waals surface area contributed by atoms with Crippen molar-refractivity contribution in [2.45, 2.75) is 5.03 Å². The van der Waals surface area contributed by atoms with E-state index in [4.69, 9.17) is 5.11 Å². The molecule has 0 unspecified atom stereocenters. The maximum atomic E-state index is 12.2. The lowest BCUT2D eigenvalue weighted by atomic mass is 10.2. The molecule has 0 aliphatic carbocycles. The molecule has 2 rings (SSSR count). The first-order valence-corrected chi connectivity index (χ1v) is 6.67. The van der Waals surface area contributed by atoms with Crippen LogP contribution in [0.4, 0.5) is 5.69 Å². The Hall–Kier alpha value is -2.35. The van der Waals surface area contributed by atoms with Crippen LogP contribution in [0.3, 0.4) is 0 Å². The molecule has 0 fully saturated rings. The molecule has 2 N–H and O–H groups in total. The van der Waals surface area contributed by atoms with E-state index in [0.29, 0.717) is 5.69 Å². The van der Waals surface area contributed by atoms with Gasteiger partial charge in [0.05, 0.1) is 23.8 Å². The molecule has 1 aromatic carbocycles. The summed E-state index contributed by atoms with van der Waals surface area (Å²) in [5.41, 5.74) is 0.454. The molecule has 2 aromatic rings. The van der Waals surface area contributed by atoms with Crippen molar-refractivity contribution in [2.24, 2.45) is 0 Å². The molecule has 0 atom stereocenters. The van der Waals surface area contributed by atoms with Gasteiger partial charge in [0.15, 0.2) is 5.03 Å². The molecule has 0 saturated carbocycles. The molecular weight excluding hydrogens is 270 g/mol. The van der Waals surface area contributed by atoms with Gasteiger partial charge in [0, 0.05) is 7.05 Å². The number of rotatable bonds is 4. The lowest BCUT2D eigenvalue weighted by molar-refractivity contribution is 0.0697. The van der Waals surface area contributed by atoms with Crippen LogP contribution in [0.2, 0.25) is 0 Å². The number of carboxylic acids is 1. The van der Waals surface area contributed by atoms with Gasteiger partial charge in [-0.05, 0) is 24.3 Å². The van der Waals surface area contributed by atoms with Gasteiger partial charge < -0.3 is 10.1 Å². The lowest BCUT2D eigenvalue weighted by Crippen LogP contribution is -2.26. The quantitative estimate of drug-likeness (QED) is 0.867. The average molecular weight is 281 g/mol. The number of aromatic amines is 1. The predicted octanol–water partition coefficient (Wildman–Crippen LogP) is 0.933. The first kappa shape index (κ1) is 13.1. The number of hydrogen-bond acceptors (Lipinski definition) is 4. The zero-order valence-corrected chi connectivity index (χ0v) is 10.8.